The average Bonchev–Trinajstić information content (AvgIpc) is 2.82. The van der Waals surface area contributed by atoms with Crippen LogP contribution >= 0.6 is 0 Å². The van der Waals surface area contributed by atoms with Crippen LogP contribution in [-0.4, -0.2) is 59.1 Å². The molecule has 4 amide bonds. The van der Waals surface area contributed by atoms with E-state index < -0.39 is 23.2 Å². The number of urea groups is 1. The van der Waals surface area contributed by atoms with Gasteiger partial charge in [0, 0.05) is 0 Å². The van der Waals surface area contributed by atoms with E-state index in [1.54, 1.807) is 0 Å². The first-order valence-electron chi connectivity index (χ1n) is 10.1. The molecule has 14 heteroatoms. The normalized spacial score (nSPS) is 8.31. The quantitative estimate of drug-likeness (QED) is 0.269. The predicted molar refractivity (Wildman–Crippen MR) is 148 cm³/mol. The maximum Gasteiger partial charge on any atom is 0.405 e. The van der Waals surface area contributed by atoms with Crippen molar-refractivity contribution >= 4 is 38.3 Å². The van der Waals surface area contributed by atoms with E-state index in [0.717, 1.165) is 11.1 Å². The van der Waals surface area contributed by atoms with Crippen LogP contribution in [-0.2, 0) is 30.3 Å². The third-order valence-electron chi connectivity index (χ3n) is 3.85. The summed E-state index contributed by atoms with van der Waals surface area (Å²) in [5.41, 5.74) is 10.3. The van der Waals surface area contributed by atoms with E-state index in [-0.39, 0.29) is 32.3 Å². The predicted octanol–water partition coefficient (Wildman–Crippen LogP) is 1.91. The lowest BCUT2D eigenvalue weighted by atomic mass is 9.95. The molecule has 39 heavy (non-hydrogen) atoms. The zero-order chi connectivity index (χ0) is 29.9. The Kier molecular flexibility index (Phi) is 35.4. The Balaban J connectivity index is -0.0000000985. The zero-order valence-electron chi connectivity index (χ0n) is 21.7. The molecule has 0 aliphatic rings. The number of primary amides is 2. The number of nitrogens with one attached hydrogen (secondary N) is 2. The second-order valence-electron chi connectivity index (χ2n) is 7.25. The van der Waals surface area contributed by atoms with Crippen LogP contribution in [0.2, 0.25) is 0 Å². The molecule has 0 bridgehead atoms. The summed E-state index contributed by atoms with van der Waals surface area (Å²) in [4.78, 5) is 54.5. The monoisotopic (exact) mass is 558 g/mol. The molecule has 14 nitrogen and oxygen atoms in total. The Morgan fingerprint density at radius 3 is 1.21 bits per heavy atom. The number of hydrogen-bond donors (Lipinski definition) is 7. The highest BCUT2D eigenvalue weighted by atomic mass is 16.4. The van der Waals surface area contributed by atoms with Gasteiger partial charge in [0.15, 0.2) is 0 Å². The Labute approximate surface area is 228 Å². The highest BCUT2D eigenvalue weighted by Gasteiger charge is 2.22. The van der Waals surface area contributed by atoms with Gasteiger partial charge in [-0.25, -0.2) is 9.59 Å². The summed E-state index contributed by atoms with van der Waals surface area (Å²) in [7, 11) is 0. The van der Waals surface area contributed by atoms with Crippen LogP contribution in [0.5, 0.6) is 0 Å². The molecule has 222 valence electrons. The number of carboxylic acid groups (broad SMARTS) is 3. The van der Waals surface area contributed by atoms with Gasteiger partial charge in [-0.15, -0.1) is 0 Å². The van der Waals surface area contributed by atoms with Crippen molar-refractivity contribution < 1.29 is 49.6 Å². The minimum Gasteiger partial charge on any atom is -0.483 e. The fraction of sp³-hybridized carbons (Fsp3) is 0.280. The Morgan fingerprint density at radius 2 is 1.00 bits per heavy atom. The maximum atomic E-state index is 10.7. The van der Waals surface area contributed by atoms with Crippen molar-refractivity contribution in [3.63, 3.8) is 0 Å². The van der Waals surface area contributed by atoms with Gasteiger partial charge in [0.05, 0.1) is 11.1 Å². The van der Waals surface area contributed by atoms with Crippen LogP contribution in [0.1, 0.15) is 46.2 Å². The van der Waals surface area contributed by atoms with Crippen molar-refractivity contribution in [3.8, 4) is 0 Å². The Hall–Kier alpha value is -4.98. The third kappa shape index (κ3) is 29.1. The molecule has 0 atom stereocenters. The highest BCUT2D eigenvalue weighted by molar-refractivity contribution is 5.72. The van der Waals surface area contributed by atoms with Gasteiger partial charge in [0.1, 0.15) is 6.79 Å². The summed E-state index contributed by atoms with van der Waals surface area (Å²) >= 11 is 0. The van der Waals surface area contributed by atoms with E-state index in [2.05, 4.69) is 16.4 Å². The van der Waals surface area contributed by atoms with Gasteiger partial charge in [-0.2, -0.15) is 0 Å². The number of benzene rings is 2. The number of amides is 4. The summed E-state index contributed by atoms with van der Waals surface area (Å²) in [6, 6.07) is 18.7. The highest BCUT2D eigenvalue weighted by Crippen LogP contribution is 2.19. The fourth-order valence-electron chi connectivity index (χ4n) is 2.43. The van der Waals surface area contributed by atoms with E-state index in [0.29, 0.717) is 0 Å². The summed E-state index contributed by atoms with van der Waals surface area (Å²) in [6.45, 7) is 8.98. The van der Waals surface area contributed by atoms with Crippen LogP contribution in [0.4, 0.5) is 9.59 Å². The first-order valence-corrected chi connectivity index (χ1v) is 10.1. The molecule has 2 aromatic rings. The summed E-state index contributed by atoms with van der Waals surface area (Å²) < 4.78 is 0. The van der Waals surface area contributed by atoms with Gasteiger partial charge in [-0.05, 0) is 38.8 Å². The van der Waals surface area contributed by atoms with Gasteiger partial charge >= 0.3 is 12.1 Å². The Morgan fingerprint density at radius 1 is 0.769 bits per heavy atom. The number of carbonyl (C=O) groups excluding carboxylic acids is 3. The lowest BCUT2D eigenvalue weighted by Crippen LogP contribution is -2.43. The summed E-state index contributed by atoms with van der Waals surface area (Å²) in [5, 5.41) is 27.5. The van der Waals surface area contributed by atoms with Crippen molar-refractivity contribution in [1.82, 2.24) is 10.6 Å². The van der Waals surface area contributed by atoms with Gasteiger partial charge < -0.3 is 47.7 Å². The molecule has 2 rings (SSSR count). The second-order valence-corrected chi connectivity index (χ2v) is 7.25. The minimum absolute atomic E-state index is 0. The van der Waals surface area contributed by atoms with Crippen LogP contribution in [0, 0.1) is 0 Å². The molecule has 11 N–H and O–H groups in total. The third-order valence-corrected chi connectivity index (χ3v) is 3.85. The largest absolute Gasteiger partial charge is 0.483 e. The van der Waals surface area contributed by atoms with E-state index >= 15 is 0 Å². The second kappa shape index (κ2) is 29.3. The van der Waals surface area contributed by atoms with E-state index in [1.807, 2.05) is 95.1 Å². The zero-order valence-corrected chi connectivity index (χ0v) is 21.7. The van der Waals surface area contributed by atoms with Crippen LogP contribution in [0.25, 0.3) is 0 Å². The maximum absolute atomic E-state index is 10.7. The number of nitrogens with two attached hydrogens (primary N) is 2. The molecule has 0 radical (unpaired) electrons. The minimum atomic E-state index is -1.01. The smallest absolute Gasteiger partial charge is 0.405 e. The average molecular weight is 559 g/mol. The molecule has 0 fully saturated rings. The SMILES string of the molecule is C.C=O.CC(C)(NC(=O)O)c1ccccc1.CC(C)(NC(N)=O)c1ccccc1.NC=O.O.O=CO.O=CO. The Bertz CT molecular complexity index is 803. The molecule has 0 unspecified atom stereocenters. The lowest BCUT2D eigenvalue weighted by molar-refractivity contribution is -0.123. The topological polar surface area (TPSA) is 271 Å². The van der Waals surface area contributed by atoms with Crippen molar-refractivity contribution in [2.24, 2.45) is 11.5 Å². The van der Waals surface area contributed by atoms with Gasteiger partial charge in [0.25, 0.3) is 12.9 Å². The standard InChI is InChI=1S/C10H14N2O.C10H13NO2.CH3NO.2CH2O2.CH2O.CH4.H2O/c1-10(2,12-9(11)13)8-6-4-3-5-7-8;1-10(2,11-9(12)13)8-6-4-3-5-7-8;3*2-1-3;1-2;;/h3-7H,1-2H3,(H3,11,12,13);3-7,11H,1-2H3,(H,12,13);1H,(H2,2,3);2*1H,(H,2,3);1H2;1H4;1H2. The van der Waals surface area contributed by atoms with E-state index in [9.17, 15) is 9.59 Å². The summed E-state index contributed by atoms with van der Waals surface area (Å²) in [6.07, 6.45) is -0.756. The molecule has 0 aromatic heterocycles. The lowest BCUT2D eigenvalue weighted by Gasteiger charge is -2.25. The molecule has 0 spiro atoms. The van der Waals surface area contributed by atoms with Gasteiger partial charge in [-0.1, -0.05) is 68.1 Å². The molecule has 0 aliphatic heterocycles. The number of carbonyl (C=O) groups is 6. The van der Waals surface area contributed by atoms with Crippen molar-refractivity contribution in [2.45, 2.75) is 46.2 Å². The van der Waals surface area contributed by atoms with Gasteiger partial charge in [0.2, 0.25) is 6.41 Å². The van der Waals surface area contributed by atoms with Gasteiger partial charge in [-0.3, -0.25) is 14.4 Å². The van der Waals surface area contributed by atoms with Crippen molar-refractivity contribution in [3.05, 3.63) is 71.8 Å². The molecular weight excluding hydrogens is 516 g/mol. The van der Waals surface area contributed by atoms with E-state index in [1.165, 1.54) is 0 Å². The molecule has 0 aliphatic carbocycles. The fourth-order valence-corrected chi connectivity index (χ4v) is 2.43. The van der Waals surface area contributed by atoms with Crippen LogP contribution in [0.15, 0.2) is 60.7 Å². The first-order chi connectivity index (χ1) is 17.3. The molecule has 0 saturated heterocycles. The van der Waals surface area contributed by atoms with Crippen molar-refractivity contribution in [1.29, 1.82) is 0 Å². The van der Waals surface area contributed by atoms with Crippen LogP contribution < -0.4 is 22.1 Å². The summed E-state index contributed by atoms with van der Waals surface area (Å²) in [5.74, 6) is 0. The first kappa shape index (κ1) is 47.2. The van der Waals surface area contributed by atoms with Crippen LogP contribution in [0.3, 0.4) is 0 Å². The van der Waals surface area contributed by atoms with E-state index in [4.69, 9.17) is 40.2 Å². The van der Waals surface area contributed by atoms with Crippen molar-refractivity contribution in [2.75, 3.05) is 0 Å². The molecular formula is C25H42N4O10. The molecule has 0 saturated carbocycles. The number of hydrogen-bond acceptors (Lipinski definition) is 6. The number of rotatable bonds is 4. The molecule has 0 heterocycles. The molecule has 2 aromatic carbocycles.